The topological polar surface area (TPSA) is 55.8 Å². The van der Waals surface area contributed by atoms with E-state index < -0.39 is 23.5 Å². The van der Waals surface area contributed by atoms with Gasteiger partial charge in [0.15, 0.2) is 0 Å². The minimum atomic E-state index is -1.38. The molecule has 2 unspecified atom stereocenters. The Bertz CT molecular complexity index is 492. The van der Waals surface area contributed by atoms with Gasteiger partial charge in [0, 0.05) is 0 Å². The molecular weight excluding hydrogens is 256 g/mol. The number of hydrogen-bond donors (Lipinski definition) is 1. The molecule has 2 atom stereocenters. The van der Waals surface area contributed by atoms with Crippen molar-refractivity contribution >= 4 is 5.97 Å². The average molecular weight is 276 g/mol. The van der Waals surface area contributed by atoms with Crippen LogP contribution in [0, 0.1) is 0 Å². The number of hydrogen-bond acceptors (Lipinski definition) is 4. The molecule has 4 nitrogen and oxygen atoms in total. The van der Waals surface area contributed by atoms with Gasteiger partial charge in [0.1, 0.15) is 5.60 Å². The maximum Gasteiger partial charge on any atom is 0.348 e. The number of rotatable bonds is 2. The molecular formula is C16H20O4. The van der Waals surface area contributed by atoms with E-state index in [9.17, 15) is 9.90 Å². The second kappa shape index (κ2) is 4.86. The van der Waals surface area contributed by atoms with Gasteiger partial charge in [-0.05, 0) is 25.3 Å². The summed E-state index contributed by atoms with van der Waals surface area (Å²) in [6, 6.07) is 9.23. The van der Waals surface area contributed by atoms with Gasteiger partial charge in [-0.2, -0.15) is 0 Å². The molecule has 1 aliphatic carbocycles. The van der Waals surface area contributed by atoms with Crippen LogP contribution < -0.4 is 0 Å². The zero-order valence-electron chi connectivity index (χ0n) is 11.7. The first kappa shape index (κ1) is 13.6. The highest BCUT2D eigenvalue weighted by atomic mass is 16.8. The molecule has 1 heterocycles. The van der Waals surface area contributed by atoms with Crippen molar-refractivity contribution in [3.8, 4) is 0 Å². The SMILES string of the molecule is CC1OC(=O)C(c2ccccc2)(C2(O)CCCCC2)O1. The highest BCUT2D eigenvalue weighted by Gasteiger charge is 2.63. The predicted molar refractivity (Wildman–Crippen MR) is 72.8 cm³/mol. The molecule has 4 heteroatoms. The summed E-state index contributed by atoms with van der Waals surface area (Å²) in [5.74, 6) is -0.472. The quantitative estimate of drug-likeness (QED) is 0.843. The molecule has 2 fully saturated rings. The Hall–Kier alpha value is -1.39. The van der Waals surface area contributed by atoms with Crippen molar-refractivity contribution in [1.29, 1.82) is 0 Å². The van der Waals surface area contributed by atoms with E-state index >= 15 is 0 Å². The molecule has 108 valence electrons. The lowest BCUT2D eigenvalue weighted by atomic mass is 9.69. The number of aliphatic hydroxyl groups is 1. The van der Waals surface area contributed by atoms with Crippen LogP contribution in [0.15, 0.2) is 30.3 Å². The second-order valence-electron chi connectivity index (χ2n) is 5.73. The van der Waals surface area contributed by atoms with Crippen LogP contribution in [0.2, 0.25) is 0 Å². The van der Waals surface area contributed by atoms with Crippen LogP contribution in [0.25, 0.3) is 0 Å². The van der Waals surface area contributed by atoms with E-state index in [1.54, 1.807) is 6.92 Å². The van der Waals surface area contributed by atoms with Crippen LogP contribution in [-0.4, -0.2) is 23.0 Å². The highest BCUT2D eigenvalue weighted by molar-refractivity contribution is 5.84. The predicted octanol–water partition coefficient (Wildman–Crippen LogP) is 2.50. The lowest BCUT2D eigenvalue weighted by Gasteiger charge is -2.43. The minimum Gasteiger partial charge on any atom is -0.434 e. The van der Waals surface area contributed by atoms with Gasteiger partial charge in [-0.25, -0.2) is 4.79 Å². The van der Waals surface area contributed by atoms with Gasteiger partial charge >= 0.3 is 5.97 Å². The standard InChI is InChI=1S/C16H20O4/c1-12-19-14(17)16(20-12,13-8-4-2-5-9-13)15(18)10-6-3-7-11-15/h2,4-5,8-9,12,18H,3,6-7,10-11H2,1H3. The van der Waals surface area contributed by atoms with Crippen molar-refractivity contribution in [3.05, 3.63) is 35.9 Å². The number of carbonyl (C=O) groups excluding carboxylic acids is 1. The summed E-state index contributed by atoms with van der Waals surface area (Å²) in [5.41, 5.74) is -1.89. The largest absolute Gasteiger partial charge is 0.434 e. The molecule has 20 heavy (non-hydrogen) atoms. The van der Waals surface area contributed by atoms with Gasteiger partial charge < -0.3 is 14.6 Å². The molecule has 1 N–H and O–H groups in total. The Morgan fingerprint density at radius 1 is 1.15 bits per heavy atom. The Labute approximate surface area is 118 Å². The zero-order chi connectivity index (χ0) is 14.2. The lowest BCUT2D eigenvalue weighted by molar-refractivity contribution is -0.197. The Kier molecular flexibility index (Phi) is 3.30. The van der Waals surface area contributed by atoms with Crippen LogP contribution in [0.1, 0.15) is 44.6 Å². The first-order valence-corrected chi connectivity index (χ1v) is 7.25. The fourth-order valence-electron chi connectivity index (χ4n) is 3.47. The molecule has 0 radical (unpaired) electrons. The van der Waals surface area contributed by atoms with Crippen molar-refractivity contribution in [3.63, 3.8) is 0 Å². The molecule has 1 saturated carbocycles. The van der Waals surface area contributed by atoms with E-state index in [1.165, 1.54) is 0 Å². The number of carbonyl (C=O) groups is 1. The summed E-state index contributed by atoms with van der Waals surface area (Å²) in [4.78, 5) is 12.5. The first-order valence-electron chi connectivity index (χ1n) is 7.25. The van der Waals surface area contributed by atoms with Crippen LogP contribution in [0.5, 0.6) is 0 Å². The van der Waals surface area contributed by atoms with Crippen LogP contribution >= 0.6 is 0 Å². The van der Waals surface area contributed by atoms with Crippen LogP contribution in [-0.2, 0) is 19.9 Å². The molecule has 0 aromatic heterocycles. The van der Waals surface area contributed by atoms with Crippen molar-refractivity contribution in [2.24, 2.45) is 0 Å². The number of ether oxygens (including phenoxy) is 2. The van der Waals surface area contributed by atoms with Crippen molar-refractivity contribution in [2.45, 2.75) is 56.5 Å². The molecule has 0 amide bonds. The third-order valence-electron chi connectivity index (χ3n) is 4.42. The van der Waals surface area contributed by atoms with E-state index in [2.05, 4.69) is 0 Å². The van der Waals surface area contributed by atoms with Gasteiger partial charge in [0.25, 0.3) is 0 Å². The Balaban J connectivity index is 2.11. The summed E-state index contributed by atoms with van der Waals surface area (Å²) in [6.07, 6.45) is 3.37. The molecule has 1 aliphatic heterocycles. The molecule has 0 bridgehead atoms. The van der Waals surface area contributed by atoms with Crippen molar-refractivity contribution < 1.29 is 19.4 Å². The van der Waals surface area contributed by atoms with Crippen molar-refractivity contribution in [1.82, 2.24) is 0 Å². The summed E-state index contributed by atoms with van der Waals surface area (Å²) in [6.45, 7) is 1.69. The highest BCUT2D eigenvalue weighted by Crippen LogP contribution is 2.49. The van der Waals surface area contributed by atoms with Gasteiger partial charge in [0.05, 0.1) is 0 Å². The number of esters is 1. The normalized spacial score (nSPS) is 32.9. The summed E-state index contributed by atoms with van der Waals surface area (Å²) >= 11 is 0. The molecule has 0 spiro atoms. The first-order chi connectivity index (χ1) is 9.58. The monoisotopic (exact) mass is 276 g/mol. The van der Waals surface area contributed by atoms with Crippen LogP contribution in [0.4, 0.5) is 0 Å². The smallest absolute Gasteiger partial charge is 0.348 e. The van der Waals surface area contributed by atoms with Crippen LogP contribution in [0.3, 0.4) is 0 Å². The molecule has 2 aliphatic rings. The Morgan fingerprint density at radius 3 is 2.35 bits per heavy atom. The third kappa shape index (κ3) is 1.86. The number of cyclic esters (lactones) is 1. The average Bonchev–Trinajstić information content (AvgIpc) is 2.77. The zero-order valence-corrected chi connectivity index (χ0v) is 11.7. The second-order valence-corrected chi connectivity index (χ2v) is 5.73. The maximum absolute atomic E-state index is 12.5. The Morgan fingerprint density at radius 2 is 1.80 bits per heavy atom. The van der Waals surface area contributed by atoms with Gasteiger partial charge in [-0.15, -0.1) is 0 Å². The minimum absolute atomic E-state index is 0.472. The van der Waals surface area contributed by atoms with Gasteiger partial charge in [-0.1, -0.05) is 49.6 Å². The molecule has 1 saturated heterocycles. The van der Waals surface area contributed by atoms with E-state index in [0.717, 1.165) is 19.3 Å². The van der Waals surface area contributed by atoms with E-state index in [1.807, 2.05) is 30.3 Å². The lowest BCUT2D eigenvalue weighted by Crippen LogP contribution is -2.56. The molecule has 3 rings (SSSR count). The van der Waals surface area contributed by atoms with Crippen molar-refractivity contribution in [2.75, 3.05) is 0 Å². The van der Waals surface area contributed by atoms with Gasteiger partial charge in [-0.3, -0.25) is 0 Å². The van der Waals surface area contributed by atoms with E-state index in [-0.39, 0.29) is 0 Å². The summed E-state index contributed by atoms with van der Waals surface area (Å²) in [5, 5.41) is 11.1. The molecule has 1 aromatic rings. The summed E-state index contributed by atoms with van der Waals surface area (Å²) < 4.78 is 11.1. The maximum atomic E-state index is 12.5. The van der Waals surface area contributed by atoms with E-state index in [4.69, 9.17) is 9.47 Å². The van der Waals surface area contributed by atoms with Gasteiger partial charge in [0.2, 0.25) is 11.9 Å². The fraction of sp³-hybridized carbons (Fsp3) is 0.562. The van der Waals surface area contributed by atoms with E-state index in [0.29, 0.717) is 18.4 Å². The molecule has 1 aromatic carbocycles. The number of benzene rings is 1. The fourth-order valence-corrected chi connectivity index (χ4v) is 3.47. The third-order valence-corrected chi connectivity index (χ3v) is 4.42. The summed E-state index contributed by atoms with van der Waals surface area (Å²) in [7, 11) is 0.